The maximum atomic E-state index is 12.4. The summed E-state index contributed by atoms with van der Waals surface area (Å²) in [4.78, 5) is 14.0. The first-order chi connectivity index (χ1) is 12.2. The van der Waals surface area contributed by atoms with Gasteiger partial charge in [-0.1, -0.05) is 24.3 Å². The van der Waals surface area contributed by atoms with Gasteiger partial charge in [0.05, 0.1) is 11.6 Å². The molecule has 0 atom stereocenters. The van der Waals surface area contributed by atoms with Gasteiger partial charge in [-0.2, -0.15) is 5.26 Å². The summed E-state index contributed by atoms with van der Waals surface area (Å²) in [6.07, 6.45) is 0. The summed E-state index contributed by atoms with van der Waals surface area (Å²) >= 11 is 1.43. The van der Waals surface area contributed by atoms with E-state index in [-0.39, 0.29) is 12.6 Å². The number of hydrogen-bond donors (Lipinski definition) is 0. The Morgan fingerprint density at radius 3 is 2.80 bits per heavy atom. The van der Waals surface area contributed by atoms with Crippen molar-refractivity contribution in [2.45, 2.75) is 13.2 Å². The van der Waals surface area contributed by atoms with Crippen LogP contribution in [0.1, 0.15) is 26.4 Å². The molecule has 5 heteroatoms. The van der Waals surface area contributed by atoms with Gasteiger partial charge in [-0.3, -0.25) is 0 Å². The lowest BCUT2D eigenvalue weighted by molar-refractivity contribution is 0.0478. The predicted octanol–water partition coefficient (Wildman–Crippen LogP) is 4.54. The molecule has 4 nitrogen and oxygen atoms in total. The number of nitriles is 1. The van der Waals surface area contributed by atoms with Crippen LogP contribution in [0.4, 0.5) is 0 Å². The summed E-state index contributed by atoms with van der Waals surface area (Å²) in [5.74, 6) is 0.496. The van der Waals surface area contributed by atoms with Gasteiger partial charge in [0.15, 0.2) is 0 Å². The van der Waals surface area contributed by atoms with Crippen LogP contribution in [0.3, 0.4) is 0 Å². The van der Waals surface area contributed by atoms with E-state index in [1.54, 1.807) is 24.3 Å². The summed E-state index contributed by atoms with van der Waals surface area (Å²) in [6, 6.07) is 18.7. The maximum absolute atomic E-state index is 12.4. The molecule has 0 bridgehead atoms. The molecule has 2 aromatic carbocycles. The normalized spacial score (nSPS) is 11.6. The van der Waals surface area contributed by atoms with E-state index in [1.807, 2.05) is 30.3 Å². The van der Waals surface area contributed by atoms with Crippen LogP contribution < -0.4 is 4.74 Å². The Bertz CT molecular complexity index is 983. The molecule has 122 valence electrons. The Kier molecular flexibility index (Phi) is 3.96. The quantitative estimate of drug-likeness (QED) is 0.653. The highest BCUT2D eigenvalue weighted by molar-refractivity contribution is 7.17. The first-order valence-electron chi connectivity index (χ1n) is 7.75. The molecule has 1 aliphatic heterocycles. The molecule has 1 aliphatic rings. The van der Waals surface area contributed by atoms with Crippen molar-refractivity contribution >= 4 is 17.3 Å². The Hall–Kier alpha value is -3.10. The van der Waals surface area contributed by atoms with Crippen molar-refractivity contribution in [3.63, 3.8) is 0 Å². The van der Waals surface area contributed by atoms with Gasteiger partial charge < -0.3 is 9.47 Å². The number of esters is 1. The second-order valence-electron chi connectivity index (χ2n) is 5.63. The molecule has 2 heterocycles. The number of fused-ring (bicyclic) bond motifs is 3. The van der Waals surface area contributed by atoms with Crippen molar-refractivity contribution in [3.8, 4) is 22.3 Å². The largest absolute Gasteiger partial charge is 0.488 e. The fourth-order valence-electron chi connectivity index (χ4n) is 2.70. The minimum absolute atomic E-state index is 0.181. The average molecular weight is 347 g/mol. The second-order valence-corrected chi connectivity index (χ2v) is 6.69. The fraction of sp³-hybridized carbons (Fsp3) is 0.100. The van der Waals surface area contributed by atoms with E-state index in [0.29, 0.717) is 17.0 Å². The van der Waals surface area contributed by atoms with E-state index < -0.39 is 0 Å². The molecule has 0 amide bonds. The van der Waals surface area contributed by atoms with Gasteiger partial charge in [0, 0.05) is 16.0 Å². The van der Waals surface area contributed by atoms with Crippen molar-refractivity contribution in [2.24, 2.45) is 0 Å². The SMILES string of the molecule is N#Cc1ccc(COC(=O)c2cc3c(s2)-c2ccccc2OC3)cc1. The van der Waals surface area contributed by atoms with Gasteiger partial charge >= 0.3 is 5.97 Å². The third kappa shape index (κ3) is 3.00. The van der Waals surface area contributed by atoms with Crippen molar-refractivity contribution in [2.75, 3.05) is 0 Å². The lowest BCUT2D eigenvalue weighted by atomic mass is 10.1. The summed E-state index contributed by atoms with van der Waals surface area (Å²) in [5.41, 5.74) is 3.45. The van der Waals surface area contributed by atoms with Crippen molar-refractivity contribution in [3.05, 3.63) is 76.2 Å². The number of carbonyl (C=O) groups is 1. The zero-order valence-electron chi connectivity index (χ0n) is 13.2. The lowest BCUT2D eigenvalue weighted by Gasteiger charge is -2.16. The van der Waals surface area contributed by atoms with E-state index >= 15 is 0 Å². The van der Waals surface area contributed by atoms with Crippen LogP contribution in [-0.2, 0) is 18.0 Å². The molecule has 1 aromatic heterocycles. The lowest BCUT2D eigenvalue weighted by Crippen LogP contribution is -2.03. The van der Waals surface area contributed by atoms with Crippen LogP contribution in [0.2, 0.25) is 0 Å². The Morgan fingerprint density at radius 2 is 2.00 bits per heavy atom. The monoisotopic (exact) mass is 347 g/mol. The van der Waals surface area contributed by atoms with Gasteiger partial charge in [-0.15, -0.1) is 11.3 Å². The third-order valence-electron chi connectivity index (χ3n) is 3.98. The highest BCUT2D eigenvalue weighted by atomic mass is 32.1. The van der Waals surface area contributed by atoms with E-state index in [4.69, 9.17) is 14.7 Å². The summed E-state index contributed by atoms with van der Waals surface area (Å²) in [6.45, 7) is 0.645. The predicted molar refractivity (Wildman–Crippen MR) is 94.4 cm³/mol. The molecular weight excluding hydrogens is 334 g/mol. The maximum Gasteiger partial charge on any atom is 0.348 e. The molecule has 0 spiro atoms. The standard InChI is InChI=1S/C20H13NO3S/c21-10-13-5-7-14(8-6-13)11-24-20(22)18-9-15-12-23-17-4-2-1-3-16(17)19(15)25-18/h1-9H,11-12H2. The van der Waals surface area contributed by atoms with Gasteiger partial charge in [-0.05, 0) is 35.9 Å². The molecule has 0 fully saturated rings. The molecule has 0 unspecified atom stereocenters. The zero-order valence-corrected chi connectivity index (χ0v) is 14.0. The topological polar surface area (TPSA) is 59.3 Å². The molecule has 0 N–H and O–H groups in total. The Morgan fingerprint density at radius 1 is 1.20 bits per heavy atom. The van der Waals surface area contributed by atoms with E-state index in [1.165, 1.54) is 11.3 Å². The molecule has 4 rings (SSSR count). The molecule has 0 aliphatic carbocycles. The van der Waals surface area contributed by atoms with Gasteiger partial charge in [0.25, 0.3) is 0 Å². The van der Waals surface area contributed by atoms with E-state index in [0.717, 1.165) is 27.3 Å². The van der Waals surface area contributed by atoms with Crippen LogP contribution in [0.15, 0.2) is 54.6 Å². The second kappa shape index (κ2) is 6.42. The smallest absolute Gasteiger partial charge is 0.348 e. The number of hydrogen-bond acceptors (Lipinski definition) is 5. The molecule has 3 aromatic rings. The van der Waals surface area contributed by atoms with Gasteiger partial charge in [-0.25, -0.2) is 4.79 Å². The minimum Gasteiger partial charge on any atom is -0.488 e. The molecule has 0 radical (unpaired) electrons. The third-order valence-corrected chi connectivity index (χ3v) is 5.17. The number of benzene rings is 2. The number of thiophene rings is 1. The van der Waals surface area contributed by atoms with E-state index in [9.17, 15) is 4.79 Å². The van der Waals surface area contributed by atoms with Crippen molar-refractivity contribution in [1.29, 1.82) is 5.26 Å². The van der Waals surface area contributed by atoms with Crippen molar-refractivity contribution in [1.82, 2.24) is 0 Å². The summed E-state index contributed by atoms with van der Waals surface area (Å²) < 4.78 is 11.1. The molecule has 0 saturated heterocycles. The average Bonchev–Trinajstić information content (AvgIpc) is 3.11. The summed E-state index contributed by atoms with van der Waals surface area (Å²) in [5, 5.41) is 8.80. The van der Waals surface area contributed by atoms with Gasteiger partial charge in [0.2, 0.25) is 0 Å². The van der Waals surface area contributed by atoms with E-state index in [2.05, 4.69) is 6.07 Å². The van der Waals surface area contributed by atoms with Crippen LogP contribution in [-0.4, -0.2) is 5.97 Å². The number of para-hydroxylation sites is 1. The molecule has 25 heavy (non-hydrogen) atoms. The summed E-state index contributed by atoms with van der Waals surface area (Å²) in [7, 11) is 0. The van der Waals surface area contributed by atoms with Crippen LogP contribution >= 0.6 is 11.3 Å². The number of ether oxygens (including phenoxy) is 2. The number of carbonyl (C=O) groups excluding carboxylic acids is 1. The highest BCUT2D eigenvalue weighted by Gasteiger charge is 2.23. The van der Waals surface area contributed by atoms with Crippen LogP contribution in [0.25, 0.3) is 10.4 Å². The van der Waals surface area contributed by atoms with Crippen LogP contribution in [0, 0.1) is 11.3 Å². The van der Waals surface area contributed by atoms with Gasteiger partial charge in [0.1, 0.15) is 23.8 Å². The first-order valence-corrected chi connectivity index (χ1v) is 8.57. The molecular formula is C20H13NO3S. The fourth-order valence-corrected chi connectivity index (χ4v) is 3.79. The zero-order chi connectivity index (χ0) is 17.2. The molecule has 0 saturated carbocycles. The number of rotatable bonds is 3. The Labute approximate surface area is 148 Å². The Balaban J connectivity index is 1.50. The minimum atomic E-state index is -0.346. The van der Waals surface area contributed by atoms with Crippen molar-refractivity contribution < 1.29 is 14.3 Å². The highest BCUT2D eigenvalue weighted by Crippen LogP contribution is 2.42. The van der Waals surface area contributed by atoms with Crippen LogP contribution in [0.5, 0.6) is 5.75 Å². The first kappa shape index (κ1) is 15.4. The number of nitrogens with zero attached hydrogens (tertiary/aromatic N) is 1.